The van der Waals surface area contributed by atoms with Gasteiger partial charge in [-0.3, -0.25) is 0 Å². The lowest BCUT2D eigenvalue weighted by atomic mass is 10.1. The third-order valence-corrected chi connectivity index (χ3v) is 3.13. The standard InChI is InChI=1S/C14H19N5O/c1-9-11(5-6-15-3)10(2)19-14(18-9)12-7-13(20-4)17-8-16-12/h7-8,15H,5-6H2,1-4H3. The van der Waals surface area contributed by atoms with Gasteiger partial charge in [0.2, 0.25) is 5.88 Å². The van der Waals surface area contributed by atoms with Gasteiger partial charge in [-0.2, -0.15) is 0 Å². The van der Waals surface area contributed by atoms with Gasteiger partial charge in [-0.15, -0.1) is 0 Å². The zero-order valence-corrected chi connectivity index (χ0v) is 12.3. The van der Waals surface area contributed by atoms with Crippen LogP contribution < -0.4 is 10.1 Å². The molecular formula is C14H19N5O. The Kier molecular flexibility index (Phi) is 4.57. The molecule has 6 nitrogen and oxygen atoms in total. The molecule has 106 valence electrons. The van der Waals surface area contributed by atoms with Crippen LogP contribution in [0, 0.1) is 13.8 Å². The first-order chi connectivity index (χ1) is 9.65. The molecule has 2 aromatic rings. The van der Waals surface area contributed by atoms with Crippen molar-refractivity contribution in [2.75, 3.05) is 20.7 Å². The number of hydrogen-bond acceptors (Lipinski definition) is 6. The van der Waals surface area contributed by atoms with Gasteiger partial charge in [0.05, 0.1) is 7.11 Å². The number of nitrogens with one attached hydrogen (secondary N) is 1. The van der Waals surface area contributed by atoms with Gasteiger partial charge < -0.3 is 10.1 Å². The van der Waals surface area contributed by atoms with Gasteiger partial charge in [-0.1, -0.05) is 0 Å². The van der Waals surface area contributed by atoms with Crippen LogP contribution in [-0.4, -0.2) is 40.6 Å². The first-order valence-electron chi connectivity index (χ1n) is 6.50. The lowest BCUT2D eigenvalue weighted by Gasteiger charge is -2.10. The van der Waals surface area contributed by atoms with Crippen LogP contribution in [0.3, 0.4) is 0 Å². The Labute approximate surface area is 118 Å². The van der Waals surface area contributed by atoms with Crippen molar-refractivity contribution in [2.45, 2.75) is 20.3 Å². The summed E-state index contributed by atoms with van der Waals surface area (Å²) in [4.78, 5) is 17.3. The molecule has 1 N–H and O–H groups in total. The summed E-state index contributed by atoms with van der Waals surface area (Å²) in [6.45, 7) is 4.91. The van der Waals surface area contributed by atoms with Crippen LogP contribution in [0.25, 0.3) is 11.5 Å². The summed E-state index contributed by atoms with van der Waals surface area (Å²) < 4.78 is 5.10. The van der Waals surface area contributed by atoms with Gasteiger partial charge in [0.1, 0.15) is 12.0 Å². The maximum atomic E-state index is 5.10. The molecule has 6 heteroatoms. The van der Waals surface area contributed by atoms with E-state index in [4.69, 9.17) is 4.74 Å². The van der Waals surface area contributed by atoms with E-state index in [9.17, 15) is 0 Å². The predicted octanol–water partition coefficient (Wildman–Crippen LogP) is 1.32. The Morgan fingerprint density at radius 2 is 1.85 bits per heavy atom. The highest BCUT2D eigenvalue weighted by Crippen LogP contribution is 2.19. The molecule has 0 unspecified atom stereocenters. The van der Waals surface area contributed by atoms with Crippen LogP contribution in [0.15, 0.2) is 12.4 Å². The smallest absolute Gasteiger partial charge is 0.216 e. The summed E-state index contributed by atoms with van der Waals surface area (Å²) in [6, 6.07) is 1.74. The molecule has 0 aliphatic heterocycles. The monoisotopic (exact) mass is 273 g/mol. The van der Waals surface area contributed by atoms with Crippen LogP contribution in [0.4, 0.5) is 0 Å². The zero-order valence-electron chi connectivity index (χ0n) is 12.3. The highest BCUT2D eigenvalue weighted by Gasteiger charge is 2.11. The van der Waals surface area contributed by atoms with E-state index in [1.807, 2.05) is 20.9 Å². The number of aromatic nitrogens is 4. The minimum absolute atomic E-state index is 0.508. The summed E-state index contributed by atoms with van der Waals surface area (Å²) >= 11 is 0. The highest BCUT2D eigenvalue weighted by molar-refractivity contribution is 5.51. The van der Waals surface area contributed by atoms with Gasteiger partial charge in [0.15, 0.2) is 5.82 Å². The molecule has 2 aromatic heterocycles. The topological polar surface area (TPSA) is 72.8 Å². The Balaban J connectivity index is 2.38. The molecule has 0 bridgehead atoms. The third-order valence-electron chi connectivity index (χ3n) is 3.13. The number of aryl methyl sites for hydroxylation is 2. The van der Waals surface area contributed by atoms with Crippen LogP contribution in [0.1, 0.15) is 17.0 Å². The van der Waals surface area contributed by atoms with E-state index in [0.717, 1.165) is 24.4 Å². The number of hydrogen-bond donors (Lipinski definition) is 1. The fourth-order valence-corrected chi connectivity index (χ4v) is 2.04. The Morgan fingerprint density at radius 1 is 1.15 bits per heavy atom. The fourth-order valence-electron chi connectivity index (χ4n) is 2.04. The van der Waals surface area contributed by atoms with E-state index >= 15 is 0 Å². The van der Waals surface area contributed by atoms with Crippen molar-refractivity contribution in [2.24, 2.45) is 0 Å². The maximum absolute atomic E-state index is 5.10. The molecule has 2 rings (SSSR count). The van der Waals surface area contributed by atoms with Gasteiger partial charge in [0.25, 0.3) is 0 Å². The number of likely N-dealkylation sites (N-methyl/N-ethyl adjacent to an activating group) is 1. The molecule has 0 radical (unpaired) electrons. The second kappa shape index (κ2) is 6.38. The first-order valence-corrected chi connectivity index (χ1v) is 6.50. The highest BCUT2D eigenvalue weighted by atomic mass is 16.5. The van der Waals surface area contributed by atoms with Crippen molar-refractivity contribution in [1.29, 1.82) is 0 Å². The molecule has 0 spiro atoms. The van der Waals surface area contributed by atoms with Gasteiger partial charge >= 0.3 is 0 Å². The summed E-state index contributed by atoms with van der Waals surface area (Å²) in [7, 11) is 3.51. The largest absolute Gasteiger partial charge is 0.481 e. The molecule has 0 atom stereocenters. The molecule has 0 aliphatic carbocycles. The second-order valence-electron chi connectivity index (χ2n) is 4.50. The van der Waals surface area contributed by atoms with Crippen molar-refractivity contribution in [1.82, 2.24) is 25.3 Å². The van der Waals surface area contributed by atoms with E-state index < -0.39 is 0 Å². The number of ether oxygens (including phenoxy) is 1. The minimum atomic E-state index is 0.508. The minimum Gasteiger partial charge on any atom is -0.481 e. The average Bonchev–Trinajstić information content (AvgIpc) is 2.46. The lowest BCUT2D eigenvalue weighted by Crippen LogP contribution is -2.13. The van der Waals surface area contributed by atoms with Crippen molar-refractivity contribution in [3.05, 3.63) is 29.3 Å². The van der Waals surface area contributed by atoms with E-state index in [0.29, 0.717) is 17.4 Å². The van der Waals surface area contributed by atoms with Gasteiger partial charge in [0, 0.05) is 17.5 Å². The number of rotatable bonds is 5. The molecule has 2 heterocycles. The molecule has 20 heavy (non-hydrogen) atoms. The van der Waals surface area contributed by atoms with Crippen molar-refractivity contribution in [3.8, 4) is 17.4 Å². The summed E-state index contributed by atoms with van der Waals surface area (Å²) in [5.74, 6) is 1.11. The quantitative estimate of drug-likeness (QED) is 0.885. The lowest BCUT2D eigenvalue weighted by molar-refractivity contribution is 0.397. The van der Waals surface area contributed by atoms with E-state index in [2.05, 4.69) is 25.3 Å². The SMILES string of the molecule is CNCCc1c(C)nc(-c2cc(OC)ncn2)nc1C. The molecule has 0 fully saturated rings. The van der Waals surface area contributed by atoms with Crippen molar-refractivity contribution in [3.63, 3.8) is 0 Å². The molecule has 0 aromatic carbocycles. The normalized spacial score (nSPS) is 10.6. The first kappa shape index (κ1) is 14.3. The molecule has 0 saturated carbocycles. The Bertz CT molecular complexity index is 577. The Morgan fingerprint density at radius 3 is 2.45 bits per heavy atom. The van der Waals surface area contributed by atoms with Crippen LogP contribution in [0.2, 0.25) is 0 Å². The molecule has 0 saturated heterocycles. The number of methoxy groups -OCH3 is 1. The maximum Gasteiger partial charge on any atom is 0.216 e. The van der Waals surface area contributed by atoms with Gasteiger partial charge in [-0.05, 0) is 39.4 Å². The van der Waals surface area contributed by atoms with Crippen molar-refractivity contribution < 1.29 is 4.74 Å². The van der Waals surface area contributed by atoms with E-state index in [1.165, 1.54) is 11.9 Å². The van der Waals surface area contributed by atoms with E-state index in [-0.39, 0.29) is 0 Å². The van der Waals surface area contributed by atoms with Gasteiger partial charge in [-0.25, -0.2) is 19.9 Å². The molecule has 0 amide bonds. The van der Waals surface area contributed by atoms with E-state index in [1.54, 1.807) is 13.2 Å². The summed E-state index contributed by atoms with van der Waals surface area (Å²) in [6.07, 6.45) is 2.37. The predicted molar refractivity (Wildman–Crippen MR) is 76.7 cm³/mol. The summed E-state index contributed by atoms with van der Waals surface area (Å²) in [5.41, 5.74) is 3.83. The summed E-state index contributed by atoms with van der Waals surface area (Å²) in [5, 5.41) is 3.14. The van der Waals surface area contributed by atoms with Crippen molar-refractivity contribution >= 4 is 0 Å². The van der Waals surface area contributed by atoms with Crippen LogP contribution in [0.5, 0.6) is 5.88 Å². The average molecular weight is 273 g/mol. The molecule has 0 aliphatic rings. The number of nitrogens with zero attached hydrogens (tertiary/aromatic N) is 4. The molecular weight excluding hydrogens is 254 g/mol. The Hall–Kier alpha value is -2.08. The van der Waals surface area contributed by atoms with Crippen LogP contribution in [-0.2, 0) is 6.42 Å². The third kappa shape index (κ3) is 3.08. The second-order valence-corrected chi connectivity index (χ2v) is 4.50. The van der Waals surface area contributed by atoms with Crippen LogP contribution >= 0.6 is 0 Å². The zero-order chi connectivity index (χ0) is 14.5. The fraction of sp³-hybridized carbons (Fsp3) is 0.429.